The molecule has 19 heavy (non-hydrogen) atoms. The first-order valence-electron chi connectivity index (χ1n) is 7.20. The van der Waals surface area contributed by atoms with Gasteiger partial charge in [-0.25, -0.2) is 0 Å². The van der Waals surface area contributed by atoms with E-state index in [1.807, 2.05) is 25.1 Å². The molecule has 3 heteroatoms. The Morgan fingerprint density at radius 2 is 2.05 bits per heavy atom. The monoisotopic (exact) mass is 263 g/mol. The van der Waals surface area contributed by atoms with Crippen LogP contribution in [0.4, 0.5) is 0 Å². The molecule has 2 N–H and O–H groups in total. The summed E-state index contributed by atoms with van der Waals surface area (Å²) in [6.07, 6.45) is 3.74. The summed E-state index contributed by atoms with van der Waals surface area (Å²) in [6, 6.07) is 6.52. The van der Waals surface area contributed by atoms with E-state index in [4.69, 9.17) is 4.74 Å². The van der Waals surface area contributed by atoms with Gasteiger partial charge in [-0.2, -0.15) is 0 Å². The van der Waals surface area contributed by atoms with Crippen molar-refractivity contribution in [3.63, 3.8) is 0 Å². The van der Waals surface area contributed by atoms with Crippen molar-refractivity contribution in [2.75, 3.05) is 13.7 Å². The van der Waals surface area contributed by atoms with Crippen molar-refractivity contribution in [2.24, 2.45) is 0 Å². The van der Waals surface area contributed by atoms with E-state index < -0.39 is 5.60 Å². The highest BCUT2D eigenvalue weighted by Crippen LogP contribution is 2.39. The fraction of sp³-hybridized carbons (Fsp3) is 0.625. The lowest BCUT2D eigenvalue weighted by atomic mass is 9.76. The SMILES string of the molecule is CCNC1CCC(O)(c2ccc(OC)cc2C)CC1. The van der Waals surface area contributed by atoms with Crippen molar-refractivity contribution in [1.82, 2.24) is 5.32 Å². The van der Waals surface area contributed by atoms with Crippen LogP contribution in [0.25, 0.3) is 0 Å². The van der Waals surface area contributed by atoms with E-state index in [0.29, 0.717) is 6.04 Å². The standard InChI is InChI=1S/C16H25NO2/c1-4-17-13-7-9-16(18,10-8-13)15-6-5-14(19-3)11-12(15)2/h5-6,11,13,17-18H,4,7-10H2,1-3H3. The predicted molar refractivity (Wildman–Crippen MR) is 77.6 cm³/mol. The number of benzene rings is 1. The summed E-state index contributed by atoms with van der Waals surface area (Å²) in [5.74, 6) is 0.853. The van der Waals surface area contributed by atoms with Crippen LogP contribution in [-0.2, 0) is 5.60 Å². The molecule has 0 aliphatic heterocycles. The van der Waals surface area contributed by atoms with Crippen molar-refractivity contribution in [3.05, 3.63) is 29.3 Å². The summed E-state index contributed by atoms with van der Waals surface area (Å²) in [4.78, 5) is 0. The average molecular weight is 263 g/mol. The van der Waals surface area contributed by atoms with Crippen LogP contribution in [0.3, 0.4) is 0 Å². The first-order valence-corrected chi connectivity index (χ1v) is 7.20. The van der Waals surface area contributed by atoms with Crippen LogP contribution >= 0.6 is 0 Å². The number of hydrogen-bond donors (Lipinski definition) is 2. The van der Waals surface area contributed by atoms with Crippen LogP contribution in [0.2, 0.25) is 0 Å². The van der Waals surface area contributed by atoms with Gasteiger partial charge in [-0.3, -0.25) is 0 Å². The van der Waals surface area contributed by atoms with E-state index in [0.717, 1.165) is 49.1 Å². The summed E-state index contributed by atoms with van der Waals surface area (Å²) in [5.41, 5.74) is 1.51. The fourth-order valence-corrected chi connectivity index (χ4v) is 3.14. The van der Waals surface area contributed by atoms with E-state index in [1.54, 1.807) is 7.11 Å². The van der Waals surface area contributed by atoms with Crippen molar-refractivity contribution in [2.45, 2.75) is 51.2 Å². The Morgan fingerprint density at radius 3 is 2.58 bits per heavy atom. The number of ether oxygens (including phenoxy) is 1. The van der Waals surface area contributed by atoms with Gasteiger partial charge in [0.25, 0.3) is 0 Å². The maximum Gasteiger partial charge on any atom is 0.119 e. The van der Waals surface area contributed by atoms with Crippen LogP contribution in [0.5, 0.6) is 5.75 Å². The maximum atomic E-state index is 10.9. The van der Waals surface area contributed by atoms with E-state index >= 15 is 0 Å². The zero-order valence-corrected chi connectivity index (χ0v) is 12.2. The number of aliphatic hydroxyl groups is 1. The summed E-state index contributed by atoms with van der Waals surface area (Å²) in [7, 11) is 1.67. The smallest absolute Gasteiger partial charge is 0.119 e. The Bertz CT molecular complexity index is 423. The molecule has 0 unspecified atom stereocenters. The van der Waals surface area contributed by atoms with Crippen molar-refractivity contribution < 1.29 is 9.84 Å². The maximum absolute atomic E-state index is 10.9. The fourth-order valence-electron chi connectivity index (χ4n) is 3.14. The minimum atomic E-state index is -0.664. The molecule has 106 valence electrons. The highest BCUT2D eigenvalue weighted by atomic mass is 16.5. The molecule has 0 atom stereocenters. The average Bonchev–Trinajstić information content (AvgIpc) is 2.41. The summed E-state index contributed by atoms with van der Waals surface area (Å²) in [5, 5.41) is 14.4. The lowest BCUT2D eigenvalue weighted by molar-refractivity contribution is -0.00870. The van der Waals surface area contributed by atoms with Gasteiger partial charge < -0.3 is 15.2 Å². The van der Waals surface area contributed by atoms with Gasteiger partial charge in [-0.05, 0) is 62.4 Å². The number of aryl methyl sites for hydroxylation is 1. The van der Waals surface area contributed by atoms with Crippen molar-refractivity contribution in [3.8, 4) is 5.75 Å². The molecule has 2 rings (SSSR count). The van der Waals surface area contributed by atoms with Crippen LogP contribution in [-0.4, -0.2) is 24.8 Å². The Kier molecular flexibility index (Phi) is 4.48. The largest absolute Gasteiger partial charge is 0.497 e. The summed E-state index contributed by atoms with van der Waals surface area (Å²) < 4.78 is 5.23. The summed E-state index contributed by atoms with van der Waals surface area (Å²) in [6.45, 7) is 5.19. The molecule has 1 aromatic carbocycles. The normalized spacial score (nSPS) is 27.3. The van der Waals surface area contributed by atoms with Crippen LogP contribution in [0.1, 0.15) is 43.7 Å². The third-order valence-corrected chi connectivity index (χ3v) is 4.24. The highest BCUT2D eigenvalue weighted by molar-refractivity contribution is 5.38. The van der Waals surface area contributed by atoms with E-state index in [2.05, 4.69) is 12.2 Å². The molecule has 0 saturated heterocycles. The second kappa shape index (κ2) is 5.93. The molecule has 3 nitrogen and oxygen atoms in total. The van der Waals surface area contributed by atoms with Gasteiger partial charge in [0.2, 0.25) is 0 Å². The van der Waals surface area contributed by atoms with Gasteiger partial charge in [0.1, 0.15) is 5.75 Å². The number of rotatable bonds is 4. The van der Waals surface area contributed by atoms with Gasteiger partial charge >= 0.3 is 0 Å². The highest BCUT2D eigenvalue weighted by Gasteiger charge is 2.35. The Balaban J connectivity index is 2.13. The molecule has 1 aliphatic rings. The quantitative estimate of drug-likeness (QED) is 0.877. The molecule has 1 aromatic rings. The van der Waals surface area contributed by atoms with Gasteiger partial charge in [-0.1, -0.05) is 13.0 Å². The molecule has 1 fully saturated rings. The number of hydrogen-bond acceptors (Lipinski definition) is 3. The Labute approximate surface area is 116 Å². The van der Waals surface area contributed by atoms with Crippen LogP contribution in [0.15, 0.2) is 18.2 Å². The number of methoxy groups -OCH3 is 1. The van der Waals surface area contributed by atoms with E-state index in [-0.39, 0.29) is 0 Å². The first kappa shape index (κ1) is 14.4. The molecule has 0 heterocycles. The minimum Gasteiger partial charge on any atom is -0.497 e. The van der Waals surface area contributed by atoms with Crippen molar-refractivity contribution in [1.29, 1.82) is 0 Å². The third-order valence-electron chi connectivity index (χ3n) is 4.24. The Hall–Kier alpha value is -1.06. The molecule has 0 bridgehead atoms. The van der Waals surface area contributed by atoms with Crippen LogP contribution < -0.4 is 10.1 Å². The van der Waals surface area contributed by atoms with Gasteiger partial charge in [0.15, 0.2) is 0 Å². The van der Waals surface area contributed by atoms with E-state index in [9.17, 15) is 5.11 Å². The lowest BCUT2D eigenvalue weighted by Crippen LogP contribution is -2.40. The number of nitrogens with one attached hydrogen (secondary N) is 1. The molecule has 1 saturated carbocycles. The molecular weight excluding hydrogens is 238 g/mol. The zero-order chi connectivity index (χ0) is 13.9. The molecule has 0 spiro atoms. The minimum absolute atomic E-state index is 0.559. The van der Waals surface area contributed by atoms with Crippen molar-refractivity contribution >= 4 is 0 Å². The molecular formula is C16H25NO2. The Morgan fingerprint density at radius 1 is 1.37 bits per heavy atom. The van der Waals surface area contributed by atoms with Gasteiger partial charge in [-0.15, -0.1) is 0 Å². The second-order valence-electron chi connectivity index (χ2n) is 5.54. The third kappa shape index (κ3) is 3.10. The second-order valence-corrected chi connectivity index (χ2v) is 5.54. The van der Waals surface area contributed by atoms with Crippen LogP contribution in [0, 0.1) is 6.92 Å². The topological polar surface area (TPSA) is 41.5 Å². The molecule has 0 radical (unpaired) electrons. The van der Waals surface area contributed by atoms with Gasteiger partial charge in [0.05, 0.1) is 12.7 Å². The zero-order valence-electron chi connectivity index (χ0n) is 12.2. The summed E-state index contributed by atoms with van der Waals surface area (Å²) >= 11 is 0. The lowest BCUT2D eigenvalue weighted by Gasteiger charge is -2.37. The van der Waals surface area contributed by atoms with E-state index in [1.165, 1.54) is 0 Å². The molecule has 1 aliphatic carbocycles. The first-order chi connectivity index (χ1) is 9.09. The molecule has 0 aromatic heterocycles. The predicted octanol–water partition coefficient (Wildman–Crippen LogP) is 2.74. The molecule has 0 amide bonds. The van der Waals surface area contributed by atoms with Gasteiger partial charge in [0, 0.05) is 6.04 Å².